The fourth-order valence-corrected chi connectivity index (χ4v) is 11.7. The molecule has 0 aliphatic heterocycles. The van der Waals surface area contributed by atoms with Crippen LogP contribution in [0.5, 0.6) is 0 Å². The zero-order chi connectivity index (χ0) is 85.4. The van der Waals surface area contributed by atoms with Crippen LogP contribution in [-0.4, -0.2) is 126 Å². The summed E-state index contributed by atoms with van der Waals surface area (Å²) in [5.74, 6) is -2.89. The van der Waals surface area contributed by atoms with Crippen molar-refractivity contribution in [2.24, 2.45) is 0 Å². The molecule has 0 aliphatic rings. The summed E-state index contributed by atoms with van der Waals surface area (Å²) >= 11 is 0. The van der Waals surface area contributed by atoms with Gasteiger partial charge in [0.15, 0.2) is 0 Å². The molecule has 0 saturated carbocycles. The number of pyridine rings is 4. The van der Waals surface area contributed by atoms with Gasteiger partial charge in [0.25, 0.3) is 71.1 Å². The molecule has 8 heterocycles. The summed E-state index contributed by atoms with van der Waals surface area (Å²) in [4.78, 5) is 134. The van der Waals surface area contributed by atoms with Crippen LogP contribution in [0.15, 0.2) is 304 Å². The van der Waals surface area contributed by atoms with Gasteiger partial charge in [-0.2, -0.15) is 38.7 Å². The molecule has 0 fully saturated rings. The van der Waals surface area contributed by atoms with Gasteiger partial charge in [0, 0.05) is 59.4 Å². The summed E-state index contributed by atoms with van der Waals surface area (Å²) in [5, 5.41) is 38.8. The molecule has 8 amide bonds. The standard InChI is InChI=1S/C25H23N5O2.C24H20FN5O2.2C20H15N7O2/c1-16-9-8-12-19(15-16)30-25(27-23(32)21-14-7-5-11-18(21)3)28-24(29-30)26-22(31)20-13-6-4-10-17(20)2;1-15-8-3-5-12-19(15)21(31)26-23-28-24(27-22(32)20-13-6-4-9-16(20)2)30(29-23)18-11-7-10-17(25)14-18;28-17(14-6-4-10-21-12-14)23-19-25-20(24-18(29)15-7-5-11-22-13-15)27(26-19)16-8-2-1-3-9-16;28-17(15-10-4-6-12-21-15)23-19-25-20(24-18(29)16-11-5-7-13-22-16)27(26-19)14-8-2-1-3-9-14/h4-15H,1-3H3,(H2,26,27,28,29,31,32);3-14H,1-2H3,(H2,26,27,28,29,31,32);2*1-13H,(H2,23,24,25,26,28,29). The van der Waals surface area contributed by atoms with E-state index in [1.165, 1.54) is 61.7 Å². The number of para-hydroxylation sites is 2. The number of aryl methyl sites for hydroxylation is 5. The van der Waals surface area contributed by atoms with E-state index in [4.69, 9.17) is 0 Å². The lowest BCUT2D eigenvalue weighted by Gasteiger charge is -2.09. The van der Waals surface area contributed by atoms with Crippen LogP contribution in [0.25, 0.3) is 22.7 Å². The summed E-state index contributed by atoms with van der Waals surface area (Å²) in [6.45, 7) is 9.34. The minimum Gasteiger partial charge on any atom is -0.290 e. The monoisotopic (exact) mass is 1620 g/mol. The number of nitrogens with zero attached hydrogens (tertiary/aromatic N) is 16. The fourth-order valence-electron chi connectivity index (χ4n) is 11.7. The number of carbonyl (C=O) groups is 8. The zero-order valence-electron chi connectivity index (χ0n) is 65.7. The van der Waals surface area contributed by atoms with Gasteiger partial charge in [0.1, 0.15) is 17.2 Å². The highest BCUT2D eigenvalue weighted by Gasteiger charge is 2.25. The number of carbonyl (C=O) groups excluding carboxylic acids is 8. The summed E-state index contributed by atoms with van der Waals surface area (Å²) in [7, 11) is 0. The van der Waals surface area contributed by atoms with Crippen molar-refractivity contribution in [3.63, 3.8) is 0 Å². The van der Waals surface area contributed by atoms with Gasteiger partial charge < -0.3 is 0 Å². The van der Waals surface area contributed by atoms with Crippen LogP contribution < -0.4 is 42.5 Å². The molecule has 0 saturated heterocycles. The first-order valence-electron chi connectivity index (χ1n) is 37.4. The number of hydrogen-bond acceptors (Lipinski definition) is 20. The minimum atomic E-state index is -0.473. The van der Waals surface area contributed by atoms with Crippen LogP contribution in [0.4, 0.5) is 52.0 Å². The lowest BCUT2D eigenvalue weighted by molar-refractivity contribution is 0.101. The van der Waals surface area contributed by atoms with Crippen LogP contribution in [0.1, 0.15) is 111 Å². The molecule has 33 heteroatoms. The first kappa shape index (κ1) is 82.6. The van der Waals surface area contributed by atoms with Crippen molar-refractivity contribution in [3.05, 3.63) is 383 Å². The van der Waals surface area contributed by atoms with Crippen molar-refractivity contribution in [1.29, 1.82) is 0 Å². The second-order valence-corrected chi connectivity index (χ2v) is 26.5. The van der Waals surface area contributed by atoms with Crippen LogP contribution >= 0.6 is 0 Å². The average Bonchev–Trinajstić information content (AvgIpc) is 1.65. The number of hydrogen-bond donors (Lipinski definition) is 8. The molecule has 0 spiro atoms. The third kappa shape index (κ3) is 21.4. The van der Waals surface area contributed by atoms with Crippen LogP contribution in [-0.2, 0) is 0 Å². The molecule has 0 bridgehead atoms. The molecular weight excluding hydrogens is 1550 g/mol. The van der Waals surface area contributed by atoms with E-state index in [1.54, 1.807) is 152 Å². The van der Waals surface area contributed by atoms with Gasteiger partial charge in [-0.25, -0.2) is 4.39 Å². The lowest BCUT2D eigenvalue weighted by Crippen LogP contribution is -2.17. The Morgan fingerprint density at radius 2 is 0.574 bits per heavy atom. The van der Waals surface area contributed by atoms with Crippen molar-refractivity contribution in [3.8, 4) is 22.7 Å². The number of halogens is 1. The molecule has 16 aromatic rings. The molecule has 0 unspecified atom stereocenters. The molecule has 8 aromatic heterocycles. The maximum atomic E-state index is 13.8. The molecule has 604 valence electrons. The van der Waals surface area contributed by atoms with E-state index in [-0.39, 0.29) is 70.8 Å². The van der Waals surface area contributed by atoms with Gasteiger partial charge in [-0.05, 0) is 190 Å². The Hall–Kier alpha value is -17.4. The van der Waals surface area contributed by atoms with E-state index in [0.717, 1.165) is 27.8 Å². The van der Waals surface area contributed by atoms with Crippen molar-refractivity contribution in [2.45, 2.75) is 34.6 Å². The lowest BCUT2D eigenvalue weighted by atomic mass is 10.1. The average molecular weight is 1630 g/mol. The van der Waals surface area contributed by atoms with Gasteiger partial charge in [-0.3, -0.25) is 101 Å². The number of amides is 8. The second-order valence-electron chi connectivity index (χ2n) is 26.5. The van der Waals surface area contributed by atoms with Gasteiger partial charge in [0.2, 0.25) is 23.8 Å². The molecule has 0 radical (unpaired) electrons. The topological polar surface area (TPSA) is 407 Å². The summed E-state index contributed by atoms with van der Waals surface area (Å²) in [5.41, 5.74) is 9.89. The van der Waals surface area contributed by atoms with E-state index in [0.29, 0.717) is 56.1 Å². The molecule has 32 nitrogen and oxygen atoms in total. The zero-order valence-corrected chi connectivity index (χ0v) is 65.7. The third-order valence-corrected chi connectivity index (χ3v) is 17.7. The van der Waals surface area contributed by atoms with Gasteiger partial charge in [-0.1, -0.05) is 140 Å². The van der Waals surface area contributed by atoms with Crippen molar-refractivity contribution < 1.29 is 42.7 Å². The molecule has 8 N–H and O–H groups in total. The smallest absolute Gasteiger partial charge is 0.276 e. The summed E-state index contributed by atoms with van der Waals surface area (Å²) in [6.07, 6.45) is 9.08. The first-order chi connectivity index (χ1) is 59.2. The Kier molecular flexibility index (Phi) is 26.6. The van der Waals surface area contributed by atoms with Crippen molar-refractivity contribution >= 4 is 94.8 Å². The van der Waals surface area contributed by atoms with Gasteiger partial charge in [-0.15, -0.1) is 20.4 Å². The SMILES string of the molecule is Cc1cccc(-n2nc(NC(=O)c3ccccc3C)nc2NC(=O)c2ccccc2C)c1.Cc1ccccc1C(=O)Nc1nc(NC(=O)c2ccccc2C)n(-c2cccc(F)c2)n1.O=C(Nc1nc(NC(=O)c2ccccn2)n(-c2ccccc2)n1)c1ccccn1.O=C(Nc1nc(NC(=O)c2cccnc2)n(-c2ccccc2)n1)c1cccnc1. The molecule has 122 heavy (non-hydrogen) atoms. The molecule has 0 atom stereocenters. The molecule has 0 aliphatic carbocycles. The Bertz CT molecular complexity index is 6050. The van der Waals surface area contributed by atoms with Crippen molar-refractivity contribution in [2.75, 3.05) is 42.5 Å². The number of rotatable bonds is 20. The van der Waals surface area contributed by atoms with Crippen LogP contribution in [0.3, 0.4) is 0 Å². The predicted molar refractivity (Wildman–Crippen MR) is 455 cm³/mol. The van der Waals surface area contributed by atoms with Crippen LogP contribution in [0, 0.1) is 40.4 Å². The number of aromatic nitrogens is 16. The summed E-state index contributed by atoms with van der Waals surface area (Å²) in [6, 6.07) is 76.9. The highest BCUT2D eigenvalue weighted by atomic mass is 19.1. The Balaban J connectivity index is 0.000000140. The number of anilines is 8. The minimum absolute atomic E-state index is 0.0254. The Morgan fingerprint density at radius 1 is 0.270 bits per heavy atom. The Labute approximate surface area is 695 Å². The van der Waals surface area contributed by atoms with Crippen molar-refractivity contribution in [1.82, 2.24) is 79.0 Å². The Morgan fingerprint density at radius 3 is 0.934 bits per heavy atom. The third-order valence-electron chi connectivity index (χ3n) is 17.7. The maximum Gasteiger partial charge on any atom is 0.276 e. The fraction of sp³-hybridized carbons (Fsp3) is 0.0562. The summed E-state index contributed by atoms with van der Waals surface area (Å²) < 4.78 is 19.5. The molecular formula is C89H73FN24O8. The highest BCUT2D eigenvalue weighted by molar-refractivity contribution is 6.09. The predicted octanol–water partition coefficient (Wildman–Crippen LogP) is 14.3. The van der Waals surface area contributed by atoms with E-state index in [1.807, 2.05) is 144 Å². The van der Waals surface area contributed by atoms with Gasteiger partial charge >= 0.3 is 0 Å². The largest absolute Gasteiger partial charge is 0.290 e. The number of benzene rings is 8. The quantitative estimate of drug-likeness (QED) is 0.0351. The van der Waals surface area contributed by atoms with Crippen LogP contribution in [0.2, 0.25) is 0 Å². The van der Waals surface area contributed by atoms with E-state index in [2.05, 4.69) is 103 Å². The number of nitrogens with one attached hydrogen (secondary N) is 8. The van der Waals surface area contributed by atoms with E-state index < -0.39 is 41.3 Å². The first-order valence-corrected chi connectivity index (χ1v) is 37.4. The maximum absolute atomic E-state index is 13.8. The molecule has 16 rings (SSSR count). The normalized spacial score (nSPS) is 10.5. The second kappa shape index (κ2) is 39.3. The van der Waals surface area contributed by atoms with E-state index >= 15 is 0 Å². The van der Waals surface area contributed by atoms with Gasteiger partial charge in [0.05, 0.1) is 33.9 Å². The molecule has 8 aromatic carbocycles. The highest BCUT2D eigenvalue weighted by Crippen LogP contribution is 2.25. The van der Waals surface area contributed by atoms with E-state index in [9.17, 15) is 42.7 Å².